The molecule has 0 heterocycles. The SMILES string of the molecule is CC[C@H](C)NC(=O)[C@H](C)N(Cc1ccc(F)cc1)C(=O)CCCN(c1ccc(Cl)cc1)S(C)(=O)=O. The van der Waals surface area contributed by atoms with E-state index in [4.69, 9.17) is 11.6 Å². The molecule has 0 radical (unpaired) electrons. The number of nitrogens with zero attached hydrogens (tertiary/aromatic N) is 2. The Kier molecular flexibility index (Phi) is 10.5. The van der Waals surface area contributed by atoms with Crippen molar-refractivity contribution in [1.29, 1.82) is 0 Å². The minimum Gasteiger partial charge on any atom is -0.352 e. The molecule has 1 N–H and O–H groups in total. The largest absolute Gasteiger partial charge is 0.352 e. The maximum atomic E-state index is 13.3. The van der Waals surface area contributed by atoms with Crippen LogP contribution >= 0.6 is 11.6 Å². The summed E-state index contributed by atoms with van der Waals surface area (Å²) in [6, 6.07) is 11.3. The third-order valence-electron chi connectivity index (χ3n) is 5.70. The molecule has 2 atom stereocenters. The van der Waals surface area contributed by atoms with Gasteiger partial charge < -0.3 is 10.2 Å². The first-order valence-electron chi connectivity index (χ1n) is 11.5. The number of carbonyl (C=O) groups is 2. The van der Waals surface area contributed by atoms with Gasteiger partial charge >= 0.3 is 0 Å². The summed E-state index contributed by atoms with van der Waals surface area (Å²) in [5, 5.41) is 3.37. The van der Waals surface area contributed by atoms with E-state index in [0.29, 0.717) is 16.3 Å². The summed E-state index contributed by atoms with van der Waals surface area (Å²) in [6.45, 7) is 5.69. The molecule has 0 spiro atoms. The van der Waals surface area contributed by atoms with Crippen LogP contribution in [0.3, 0.4) is 0 Å². The van der Waals surface area contributed by atoms with Crippen LogP contribution in [0.5, 0.6) is 0 Å². The number of hydrogen-bond acceptors (Lipinski definition) is 4. The highest BCUT2D eigenvalue weighted by molar-refractivity contribution is 7.92. The Morgan fingerprint density at radius 1 is 1.06 bits per heavy atom. The van der Waals surface area contributed by atoms with Gasteiger partial charge in [-0.2, -0.15) is 0 Å². The zero-order valence-electron chi connectivity index (χ0n) is 20.5. The number of amides is 2. The van der Waals surface area contributed by atoms with Crippen molar-refractivity contribution >= 4 is 39.1 Å². The average Bonchev–Trinajstić information content (AvgIpc) is 2.80. The van der Waals surface area contributed by atoms with Crippen LogP contribution < -0.4 is 9.62 Å². The second-order valence-electron chi connectivity index (χ2n) is 8.56. The standard InChI is InChI=1S/C25H33ClFN3O4S/c1-5-18(2)28-25(32)19(3)29(17-20-8-12-22(27)13-9-20)24(31)7-6-16-30(35(4,33)34)23-14-10-21(26)11-15-23/h8-15,18-19H,5-7,16-17H2,1-4H3,(H,28,32)/t18-,19-/m0/s1. The normalized spacial score (nSPS) is 13.1. The lowest BCUT2D eigenvalue weighted by atomic mass is 10.1. The fraction of sp³-hybridized carbons (Fsp3) is 0.440. The van der Waals surface area contributed by atoms with Crippen molar-refractivity contribution in [1.82, 2.24) is 10.2 Å². The zero-order chi connectivity index (χ0) is 26.2. The molecule has 0 fully saturated rings. The predicted molar refractivity (Wildman–Crippen MR) is 137 cm³/mol. The molecular weight excluding hydrogens is 493 g/mol. The van der Waals surface area contributed by atoms with Crippen molar-refractivity contribution in [2.75, 3.05) is 17.1 Å². The molecule has 0 bridgehead atoms. The Hall–Kier alpha value is -2.65. The quantitative estimate of drug-likeness (QED) is 0.446. The highest BCUT2D eigenvalue weighted by Crippen LogP contribution is 2.21. The number of hydrogen-bond donors (Lipinski definition) is 1. The van der Waals surface area contributed by atoms with Crippen LogP contribution in [0.4, 0.5) is 10.1 Å². The van der Waals surface area contributed by atoms with Gasteiger partial charge in [0.25, 0.3) is 0 Å². The highest BCUT2D eigenvalue weighted by atomic mass is 35.5. The summed E-state index contributed by atoms with van der Waals surface area (Å²) < 4.78 is 39.2. The van der Waals surface area contributed by atoms with Crippen LogP contribution in [0.1, 0.15) is 45.6 Å². The molecule has 0 aliphatic carbocycles. The van der Waals surface area contributed by atoms with Crippen LogP contribution in [0.25, 0.3) is 0 Å². The monoisotopic (exact) mass is 525 g/mol. The number of carbonyl (C=O) groups excluding carboxylic acids is 2. The lowest BCUT2D eigenvalue weighted by Gasteiger charge is -2.30. The lowest BCUT2D eigenvalue weighted by molar-refractivity contribution is -0.140. The molecule has 2 rings (SSSR count). The molecule has 0 unspecified atom stereocenters. The van der Waals surface area contributed by atoms with E-state index in [1.165, 1.54) is 21.3 Å². The third kappa shape index (κ3) is 8.81. The molecule has 0 aromatic heterocycles. The number of nitrogens with one attached hydrogen (secondary N) is 1. The van der Waals surface area contributed by atoms with Gasteiger partial charge in [0.05, 0.1) is 11.9 Å². The van der Waals surface area contributed by atoms with E-state index in [-0.39, 0.29) is 43.8 Å². The van der Waals surface area contributed by atoms with Crippen molar-refractivity contribution in [2.45, 2.75) is 58.7 Å². The molecule has 0 aliphatic heterocycles. The van der Waals surface area contributed by atoms with E-state index in [0.717, 1.165) is 12.7 Å². The van der Waals surface area contributed by atoms with Gasteiger partial charge in [0.2, 0.25) is 21.8 Å². The van der Waals surface area contributed by atoms with Gasteiger partial charge in [0.1, 0.15) is 11.9 Å². The van der Waals surface area contributed by atoms with Crippen molar-refractivity contribution in [3.63, 3.8) is 0 Å². The summed E-state index contributed by atoms with van der Waals surface area (Å²) >= 11 is 5.91. The van der Waals surface area contributed by atoms with E-state index in [9.17, 15) is 22.4 Å². The molecule has 10 heteroatoms. The zero-order valence-corrected chi connectivity index (χ0v) is 22.1. The number of benzene rings is 2. The fourth-order valence-electron chi connectivity index (χ4n) is 3.45. The van der Waals surface area contributed by atoms with Crippen LogP contribution in [0.2, 0.25) is 5.02 Å². The van der Waals surface area contributed by atoms with Gasteiger partial charge in [-0.15, -0.1) is 0 Å². The average molecular weight is 526 g/mol. The van der Waals surface area contributed by atoms with E-state index in [2.05, 4.69) is 5.32 Å². The Morgan fingerprint density at radius 3 is 2.20 bits per heavy atom. The van der Waals surface area contributed by atoms with Gasteiger partial charge in [-0.05, 0) is 68.7 Å². The second kappa shape index (κ2) is 12.9. The molecule has 0 aliphatic rings. The molecule has 0 saturated carbocycles. The molecule has 2 aromatic rings. The Balaban J connectivity index is 2.15. The number of anilines is 1. The first-order valence-corrected chi connectivity index (χ1v) is 13.7. The smallest absolute Gasteiger partial charge is 0.242 e. The lowest BCUT2D eigenvalue weighted by Crippen LogP contribution is -2.49. The summed E-state index contributed by atoms with van der Waals surface area (Å²) in [7, 11) is -3.58. The molecule has 2 amide bonds. The van der Waals surface area contributed by atoms with E-state index < -0.39 is 21.9 Å². The number of sulfonamides is 1. The maximum Gasteiger partial charge on any atom is 0.242 e. The highest BCUT2D eigenvalue weighted by Gasteiger charge is 2.27. The summed E-state index contributed by atoms with van der Waals surface area (Å²) in [4.78, 5) is 27.4. The van der Waals surface area contributed by atoms with Crippen molar-refractivity contribution < 1.29 is 22.4 Å². The van der Waals surface area contributed by atoms with E-state index in [1.807, 2.05) is 13.8 Å². The molecule has 35 heavy (non-hydrogen) atoms. The maximum absolute atomic E-state index is 13.3. The Labute approximate surface area is 212 Å². The minimum absolute atomic E-state index is 0.0295. The first kappa shape index (κ1) is 28.6. The van der Waals surface area contributed by atoms with Gasteiger partial charge in [0, 0.05) is 30.6 Å². The topological polar surface area (TPSA) is 86.8 Å². The molecule has 2 aromatic carbocycles. The first-order chi connectivity index (χ1) is 16.4. The minimum atomic E-state index is -3.58. The van der Waals surface area contributed by atoms with Gasteiger partial charge in [-0.3, -0.25) is 13.9 Å². The third-order valence-corrected chi connectivity index (χ3v) is 7.15. The van der Waals surface area contributed by atoms with Crippen LogP contribution in [0.15, 0.2) is 48.5 Å². The molecular formula is C25H33ClFN3O4S. The van der Waals surface area contributed by atoms with Gasteiger partial charge in [-0.25, -0.2) is 12.8 Å². The van der Waals surface area contributed by atoms with Crippen molar-refractivity contribution in [3.8, 4) is 0 Å². The van der Waals surface area contributed by atoms with Crippen LogP contribution in [-0.4, -0.2) is 50.0 Å². The van der Waals surface area contributed by atoms with Crippen LogP contribution in [0, 0.1) is 5.82 Å². The van der Waals surface area contributed by atoms with Crippen molar-refractivity contribution in [3.05, 3.63) is 64.9 Å². The molecule has 7 nitrogen and oxygen atoms in total. The molecule has 192 valence electrons. The van der Waals surface area contributed by atoms with E-state index in [1.54, 1.807) is 43.3 Å². The Bertz CT molecular complexity index is 1090. The number of halogens is 2. The van der Waals surface area contributed by atoms with Gasteiger partial charge in [-0.1, -0.05) is 30.7 Å². The van der Waals surface area contributed by atoms with Crippen LogP contribution in [-0.2, 0) is 26.2 Å². The fourth-order valence-corrected chi connectivity index (χ4v) is 4.54. The summed E-state index contributed by atoms with van der Waals surface area (Å²) in [5.41, 5.74) is 1.13. The number of rotatable bonds is 12. The second-order valence-corrected chi connectivity index (χ2v) is 10.9. The van der Waals surface area contributed by atoms with Gasteiger partial charge in [0.15, 0.2) is 0 Å². The summed E-state index contributed by atoms with van der Waals surface area (Å²) in [6.07, 6.45) is 2.12. The molecule has 0 saturated heterocycles. The van der Waals surface area contributed by atoms with E-state index >= 15 is 0 Å². The summed E-state index contributed by atoms with van der Waals surface area (Å²) in [5.74, 6) is -0.975. The predicted octanol–water partition coefficient (Wildman–Crippen LogP) is 4.36. The van der Waals surface area contributed by atoms with Crippen molar-refractivity contribution in [2.24, 2.45) is 0 Å². The Morgan fingerprint density at radius 2 is 1.66 bits per heavy atom.